The predicted octanol–water partition coefficient (Wildman–Crippen LogP) is 0.261. The van der Waals surface area contributed by atoms with Crippen molar-refractivity contribution in [3.8, 4) is 0 Å². The Hall–Kier alpha value is -1.43. The smallest absolute Gasteiger partial charge is 0.306 e. The zero-order chi connectivity index (χ0) is 13.3. The molecule has 0 radical (unpaired) electrons. The number of hydrogen-bond acceptors (Lipinski definition) is 4. The largest absolute Gasteiger partial charge is 0.481 e. The van der Waals surface area contributed by atoms with Crippen LogP contribution in [0.25, 0.3) is 0 Å². The van der Waals surface area contributed by atoms with Gasteiger partial charge in [0.1, 0.15) is 0 Å². The third kappa shape index (κ3) is 2.25. The van der Waals surface area contributed by atoms with Crippen molar-refractivity contribution in [3.63, 3.8) is 0 Å². The highest BCUT2D eigenvalue weighted by Gasteiger charge is 2.49. The lowest BCUT2D eigenvalue weighted by molar-refractivity contribution is -0.146. The Morgan fingerprint density at radius 3 is 2.39 bits per heavy atom. The second kappa shape index (κ2) is 5.06. The van der Waals surface area contributed by atoms with Crippen molar-refractivity contribution in [2.24, 2.45) is 11.8 Å². The van der Waals surface area contributed by atoms with E-state index in [1.807, 2.05) is 0 Å². The number of amides is 2. The summed E-state index contributed by atoms with van der Waals surface area (Å²) in [6.07, 6.45) is 1.62. The molecule has 1 saturated heterocycles. The van der Waals surface area contributed by atoms with Gasteiger partial charge in [-0.25, -0.2) is 0 Å². The molecule has 2 aliphatic rings. The van der Waals surface area contributed by atoms with Crippen molar-refractivity contribution in [2.75, 3.05) is 13.7 Å². The Kier molecular flexibility index (Phi) is 3.65. The molecular formula is C12H17NO5. The van der Waals surface area contributed by atoms with E-state index in [2.05, 4.69) is 0 Å². The van der Waals surface area contributed by atoms with Crippen molar-refractivity contribution in [1.29, 1.82) is 0 Å². The van der Waals surface area contributed by atoms with Gasteiger partial charge in [-0.3, -0.25) is 19.3 Å². The maximum atomic E-state index is 12.0. The molecule has 3 atom stereocenters. The van der Waals surface area contributed by atoms with E-state index in [1.165, 1.54) is 12.0 Å². The number of fused-ring (bicyclic) bond motifs is 1. The molecular weight excluding hydrogens is 238 g/mol. The Morgan fingerprint density at radius 2 is 1.94 bits per heavy atom. The molecule has 0 spiro atoms. The van der Waals surface area contributed by atoms with E-state index >= 15 is 0 Å². The lowest BCUT2D eigenvalue weighted by Crippen LogP contribution is -2.39. The molecule has 3 unspecified atom stereocenters. The van der Waals surface area contributed by atoms with Crippen LogP contribution in [-0.4, -0.2) is 47.5 Å². The number of carboxylic acid groups (broad SMARTS) is 1. The van der Waals surface area contributed by atoms with Crippen LogP contribution in [0.1, 0.15) is 25.7 Å². The second-order valence-electron chi connectivity index (χ2n) is 4.89. The monoisotopic (exact) mass is 255 g/mol. The lowest BCUT2D eigenvalue weighted by atomic mass is 10.00. The maximum absolute atomic E-state index is 12.0. The van der Waals surface area contributed by atoms with Gasteiger partial charge in [-0.15, -0.1) is 0 Å². The van der Waals surface area contributed by atoms with Gasteiger partial charge in [-0.05, 0) is 12.8 Å². The normalized spacial score (nSPS) is 28.6. The molecule has 1 aliphatic carbocycles. The van der Waals surface area contributed by atoms with E-state index in [-0.39, 0.29) is 36.6 Å². The number of likely N-dealkylation sites (tertiary alicyclic amines) is 1. The van der Waals surface area contributed by atoms with E-state index in [1.54, 1.807) is 0 Å². The Labute approximate surface area is 105 Å². The molecule has 1 saturated carbocycles. The van der Waals surface area contributed by atoms with Gasteiger partial charge < -0.3 is 9.84 Å². The number of ether oxygens (including phenoxy) is 1. The number of hydrogen-bond donors (Lipinski definition) is 1. The summed E-state index contributed by atoms with van der Waals surface area (Å²) in [6, 6.07) is 0. The van der Waals surface area contributed by atoms with Crippen LogP contribution in [0.5, 0.6) is 0 Å². The minimum Gasteiger partial charge on any atom is -0.481 e. The number of aliphatic carboxylic acids is 1. The minimum absolute atomic E-state index is 0.0491. The van der Waals surface area contributed by atoms with E-state index in [0.717, 1.165) is 19.3 Å². The number of carbonyl (C=O) groups is 3. The number of nitrogens with zero attached hydrogens (tertiary/aromatic N) is 1. The number of rotatable bonds is 5. The Balaban J connectivity index is 2.03. The van der Waals surface area contributed by atoms with Crippen molar-refractivity contribution >= 4 is 17.8 Å². The van der Waals surface area contributed by atoms with Gasteiger partial charge in [0, 0.05) is 7.11 Å². The molecule has 18 heavy (non-hydrogen) atoms. The van der Waals surface area contributed by atoms with Crippen LogP contribution in [0, 0.1) is 11.8 Å². The molecule has 6 nitrogen and oxygen atoms in total. The van der Waals surface area contributed by atoms with Crippen LogP contribution in [0.2, 0.25) is 0 Å². The summed E-state index contributed by atoms with van der Waals surface area (Å²) in [6.45, 7) is 0.0491. The summed E-state index contributed by atoms with van der Waals surface area (Å²) in [4.78, 5) is 35.9. The zero-order valence-electron chi connectivity index (χ0n) is 10.3. The SMILES string of the molecule is COC(CC(=O)O)CN1C(=O)C2CCCC2C1=O. The molecule has 100 valence electrons. The first-order chi connectivity index (χ1) is 8.54. The van der Waals surface area contributed by atoms with Crippen molar-refractivity contribution in [2.45, 2.75) is 31.8 Å². The summed E-state index contributed by atoms with van der Waals surface area (Å²) in [5.74, 6) is -1.68. The highest BCUT2D eigenvalue weighted by molar-refractivity contribution is 6.05. The second-order valence-corrected chi connectivity index (χ2v) is 4.89. The fourth-order valence-electron chi connectivity index (χ4n) is 2.86. The molecule has 0 bridgehead atoms. The summed E-state index contributed by atoms with van der Waals surface area (Å²) in [7, 11) is 1.39. The number of carboxylic acids is 1. The highest BCUT2D eigenvalue weighted by Crippen LogP contribution is 2.39. The Morgan fingerprint density at radius 1 is 1.39 bits per heavy atom. The first kappa shape index (κ1) is 13.0. The van der Waals surface area contributed by atoms with Crippen LogP contribution < -0.4 is 0 Å². The molecule has 1 aliphatic heterocycles. The summed E-state index contributed by atoms with van der Waals surface area (Å²) in [5.41, 5.74) is 0. The average molecular weight is 255 g/mol. The van der Waals surface area contributed by atoms with Crippen LogP contribution in [0.4, 0.5) is 0 Å². The number of methoxy groups -OCH3 is 1. The van der Waals surface area contributed by atoms with Crippen molar-refractivity contribution < 1.29 is 24.2 Å². The van der Waals surface area contributed by atoms with Gasteiger partial charge in [-0.1, -0.05) is 6.42 Å². The zero-order valence-corrected chi connectivity index (χ0v) is 10.3. The molecule has 2 amide bonds. The molecule has 0 aromatic carbocycles. The minimum atomic E-state index is -0.999. The van der Waals surface area contributed by atoms with E-state index in [9.17, 15) is 14.4 Å². The summed E-state index contributed by atoms with van der Waals surface area (Å²) < 4.78 is 5.01. The lowest BCUT2D eigenvalue weighted by Gasteiger charge is -2.21. The molecule has 2 rings (SSSR count). The highest BCUT2D eigenvalue weighted by atomic mass is 16.5. The van der Waals surface area contributed by atoms with Gasteiger partial charge in [0.25, 0.3) is 0 Å². The predicted molar refractivity (Wildman–Crippen MR) is 60.6 cm³/mol. The van der Waals surface area contributed by atoms with Crippen LogP contribution in [0.15, 0.2) is 0 Å². The van der Waals surface area contributed by atoms with E-state index < -0.39 is 12.1 Å². The van der Waals surface area contributed by atoms with Gasteiger partial charge in [0.05, 0.1) is 30.9 Å². The van der Waals surface area contributed by atoms with Crippen LogP contribution >= 0.6 is 0 Å². The molecule has 0 aromatic heterocycles. The summed E-state index contributed by atoms with van der Waals surface area (Å²) >= 11 is 0. The molecule has 1 N–H and O–H groups in total. The van der Waals surface area contributed by atoms with Crippen molar-refractivity contribution in [3.05, 3.63) is 0 Å². The summed E-state index contributed by atoms with van der Waals surface area (Å²) in [5, 5.41) is 8.71. The van der Waals surface area contributed by atoms with Gasteiger partial charge >= 0.3 is 5.97 Å². The topological polar surface area (TPSA) is 83.9 Å². The molecule has 0 aromatic rings. The molecule has 2 fully saturated rings. The first-order valence-electron chi connectivity index (χ1n) is 6.14. The van der Waals surface area contributed by atoms with Gasteiger partial charge in [0.2, 0.25) is 11.8 Å². The molecule has 1 heterocycles. The fourth-order valence-corrected chi connectivity index (χ4v) is 2.86. The number of imide groups is 1. The van der Waals surface area contributed by atoms with Crippen LogP contribution in [-0.2, 0) is 19.1 Å². The van der Waals surface area contributed by atoms with E-state index in [4.69, 9.17) is 9.84 Å². The third-order valence-corrected chi connectivity index (χ3v) is 3.80. The van der Waals surface area contributed by atoms with Crippen molar-refractivity contribution in [1.82, 2.24) is 4.90 Å². The van der Waals surface area contributed by atoms with Gasteiger partial charge in [0.15, 0.2) is 0 Å². The standard InChI is InChI=1S/C12H17NO5/c1-18-7(5-10(14)15)6-13-11(16)8-3-2-4-9(8)12(13)17/h7-9H,2-6H2,1H3,(H,14,15). The molecule has 6 heteroatoms. The maximum Gasteiger partial charge on any atom is 0.306 e. The number of carbonyl (C=O) groups excluding carboxylic acids is 2. The quantitative estimate of drug-likeness (QED) is 0.712. The first-order valence-corrected chi connectivity index (χ1v) is 6.14. The Bertz CT molecular complexity index is 359. The van der Waals surface area contributed by atoms with Gasteiger partial charge in [-0.2, -0.15) is 0 Å². The third-order valence-electron chi connectivity index (χ3n) is 3.80. The van der Waals surface area contributed by atoms with E-state index in [0.29, 0.717) is 0 Å². The fraction of sp³-hybridized carbons (Fsp3) is 0.750. The van der Waals surface area contributed by atoms with Crippen LogP contribution in [0.3, 0.4) is 0 Å². The average Bonchev–Trinajstić information content (AvgIpc) is 2.87.